The molecule has 0 N–H and O–H groups in total. The SMILES string of the molecule is C=COC1CCC(C2CCC(c3ccc(OC)c(F)c3F)CC2)CC1. The van der Waals surface area contributed by atoms with Crippen molar-refractivity contribution in [2.24, 2.45) is 11.8 Å². The molecule has 0 bridgehead atoms. The fourth-order valence-corrected chi connectivity index (χ4v) is 4.75. The predicted molar refractivity (Wildman–Crippen MR) is 94.6 cm³/mol. The first-order valence-corrected chi connectivity index (χ1v) is 9.42. The Morgan fingerprint density at radius 2 is 1.52 bits per heavy atom. The van der Waals surface area contributed by atoms with E-state index in [1.54, 1.807) is 18.4 Å². The average molecular weight is 350 g/mol. The molecule has 0 atom stereocenters. The molecule has 1 aromatic rings. The fraction of sp³-hybridized carbons (Fsp3) is 0.619. The maximum absolute atomic E-state index is 14.3. The lowest BCUT2D eigenvalue weighted by Crippen LogP contribution is -2.27. The van der Waals surface area contributed by atoms with Crippen LogP contribution in [0.5, 0.6) is 5.75 Å². The Balaban J connectivity index is 1.56. The second-order valence-corrected chi connectivity index (χ2v) is 7.44. The average Bonchev–Trinajstić information content (AvgIpc) is 2.65. The van der Waals surface area contributed by atoms with E-state index in [2.05, 4.69) is 6.58 Å². The maximum atomic E-state index is 14.3. The molecular formula is C21H28F2O2. The van der Waals surface area contributed by atoms with E-state index in [1.165, 1.54) is 20.0 Å². The van der Waals surface area contributed by atoms with Crippen LogP contribution in [0.1, 0.15) is 62.8 Å². The van der Waals surface area contributed by atoms with Crippen LogP contribution in [0, 0.1) is 23.5 Å². The van der Waals surface area contributed by atoms with Gasteiger partial charge in [-0.25, -0.2) is 4.39 Å². The summed E-state index contributed by atoms with van der Waals surface area (Å²) in [4.78, 5) is 0. The van der Waals surface area contributed by atoms with Gasteiger partial charge in [0.15, 0.2) is 11.6 Å². The number of halogens is 2. The van der Waals surface area contributed by atoms with Gasteiger partial charge in [-0.1, -0.05) is 12.6 Å². The predicted octanol–water partition coefficient (Wildman–Crippen LogP) is 5.97. The van der Waals surface area contributed by atoms with Gasteiger partial charge >= 0.3 is 0 Å². The lowest BCUT2D eigenvalue weighted by Gasteiger charge is -2.37. The molecule has 0 saturated heterocycles. The van der Waals surface area contributed by atoms with Gasteiger partial charge in [-0.2, -0.15) is 4.39 Å². The Kier molecular flexibility index (Phi) is 5.98. The summed E-state index contributed by atoms with van der Waals surface area (Å²) in [5.74, 6) is -0.0202. The van der Waals surface area contributed by atoms with Crippen LogP contribution < -0.4 is 4.74 Å². The van der Waals surface area contributed by atoms with Crippen molar-refractivity contribution >= 4 is 0 Å². The smallest absolute Gasteiger partial charge is 0.200 e. The third-order valence-corrected chi connectivity index (χ3v) is 6.18. The summed E-state index contributed by atoms with van der Waals surface area (Å²) in [7, 11) is 1.36. The van der Waals surface area contributed by atoms with Crippen molar-refractivity contribution in [3.8, 4) is 5.75 Å². The summed E-state index contributed by atoms with van der Waals surface area (Å²) in [6.45, 7) is 3.64. The minimum absolute atomic E-state index is 0.0200. The Morgan fingerprint density at radius 3 is 2.08 bits per heavy atom. The second-order valence-electron chi connectivity index (χ2n) is 7.44. The second kappa shape index (κ2) is 8.20. The van der Waals surface area contributed by atoms with Crippen molar-refractivity contribution in [3.05, 3.63) is 42.2 Å². The van der Waals surface area contributed by atoms with E-state index in [0.717, 1.165) is 44.4 Å². The van der Waals surface area contributed by atoms with E-state index in [9.17, 15) is 8.78 Å². The summed E-state index contributed by atoms with van der Waals surface area (Å²) < 4.78 is 38.7. The van der Waals surface area contributed by atoms with Crippen molar-refractivity contribution < 1.29 is 18.3 Å². The Morgan fingerprint density at radius 1 is 0.920 bits per heavy atom. The van der Waals surface area contributed by atoms with E-state index >= 15 is 0 Å². The molecule has 0 radical (unpaired) electrons. The Labute approximate surface area is 149 Å². The van der Waals surface area contributed by atoms with E-state index in [1.807, 2.05) is 0 Å². The van der Waals surface area contributed by atoms with Crippen molar-refractivity contribution in [1.29, 1.82) is 0 Å². The highest BCUT2D eigenvalue weighted by Gasteiger charge is 2.32. The zero-order chi connectivity index (χ0) is 17.8. The minimum atomic E-state index is -0.859. The highest BCUT2D eigenvalue weighted by atomic mass is 19.2. The first-order valence-electron chi connectivity index (χ1n) is 9.42. The molecular weight excluding hydrogens is 322 g/mol. The molecule has 0 amide bonds. The van der Waals surface area contributed by atoms with E-state index in [4.69, 9.17) is 9.47 Å². The van der Waals surface area contributed by atoms with Crippen molar-refractivity contribution in [1.82, 2.24) is 0 Å². The summed E-state index contributed by atoms with van der Waals surface area (Å²) >= 11 is 0. The molecule has 0 aromatic heterocycles. The van der Waals surface area contributed by atoms with Crippen molar-refractivity contribution in [3.63, 3.8) is 0 Å². The van der Waals surface area contributed by atoms with Gasteiger partial charge in [-0.05, 0) is 80.8 Å². The van der Waals surface area contributed by atoms with Crippen LogP contribution in [0.15, 0.2) is 25.0 Å². The van der Waals surface area contributed by atoms with Crippen LogP contribution >= 0.6 is 0 Å². The molecule has 2 aliphatic carbocycles. The number of rotatable bonds is 5. The topological polar surface area (TPSA) is 18.5 Å². The molecule has 25 heavy (non-hydrogen) atoms. The van der Waals surface area contributed by atoms with Crippen molar-refractivity contribution in [2.45, 2.75) is 63.4 Å². The molecule has 1 aromatic carbocycles. The van der Waals surface area contributed by atoms with Crippen LogP contribution in [0.4, 0.5) is 8.78 Å². The van der Waals surface area contributed by atoms with Gasteiger partial charge in [-0.3, -0.25) is 0 Å². The summed E-state index contributed by atoms with van der Waals surface area (Å²) in [5.41, 5.74) is 0.514. The third kappa shape index (κ3) is 3.99. The number of benzene rings is 1. The monoisotopic (exact) mass is 350 g/mol. The molecule has 2 saturated carbocycles. The number of hydrogen-bond acceptors (Lipinski definition) is 2. The maximum Gasteiger partial charge on any atom is 0.200 e. The number of methoxy groups -OCH3 is 1. The van der Waals surface area contributed by atoms with Gasteiger partial charge in [0.2, 0.25) is 5.82 Å². The summed E-state index contributed by atoms with van der Waals surface area (Å²) in [6, 6.07) is 3.24. The quantitative estimate of drug-likeness (QED) is 0.609. The van der Waals surface area contributed by atoms with E-state index in [0.29, 0.717) is 17.6 Å². The van der Waals surface area contributed by atoms with Gasteiger partial charge in [-0.15, -0.1) is 0 Å². The van der Waals surface area contributed by atoms with E-state index < -0.39 is 11.6 Å². The molecule has 0 aliphatic heterocycles. The van der Waals surface area contributed by atoms with Gasteiger partial charge in [0.25, 0.3) is 0 Å². The number of hydrogen-bond donors (Lipinski definition) is 0. The van der Waals surface area contributed by atoms with Crippen molar-refractivity contribution in [2.75, 3.05) is 7.11 Å². The molecule has 0 spiro atoms. The zero-order valence-corrected chi connectivity index (χ0v) is 15.0. The largest absolute Gasteiger partial charge is 0.499 e. The summed E-state index contributed by atoms with van der Waals surface area (Å²) in [5, 5.41) is 0. The van der Waals surface area contributed by atoms with Crippen LogP contribution in [-0.4, -0.2) is 13.2 Å². The molecule has 4 heteroatoms. The highest BCUT2D eigenvalue weighted by Crippen LogP contribution is 2.44. The van der Waals surface area contributed by atoms with Gasteiger partial charge < -0.3 is 9.47 Å². The van der Waals surface area contributed by atoms with E-state index in [-0.39, 0.29) is 11.7 Å². The molecule has 2 aliphatic rings. The first-order chi connectivity index (χ1) is 12.1. The minimum Gasteiger partial charge on any atom is -0.499 e. The standard InChI is InChI=1S/C21H28F2O2/c1-3-25-17-10-8-15(9-11-17)14-4-6-16(7-5-14)18-12-13-19(24-2)21(23)20(18)22/h3,12-17H,1,4-11H2,2H3. The molecule has 0 unspecified atom stereocenters. The summed E-state index contributed by atoms with van der Waals surface area (Å²) in [6.07, 6.45) is 10.6. The van der Waals surface area contributed by atoms with Crippen LogP contribution in [-0.2, 0) is 4.74 Å². The first kappa shape index (κ1) is 18.2. The molecule has 3 rings (SSSR count). The van der Waals surface area contributed by atoms with Gasteiger partial charge in [0.05, 0.1) is 19.5 Å². The van der Waals surface area contributed by atoms with Crippen LogP contribution in [0.2, 0.25) is 0 Å². The third-order valence-electron chi connectivity index (χ3n) is 6.18. The molecule has 2 fully saturated rings. The lowest BCUT2D eigenvalue weighted by molar-refractivity contribution is 0.0665. The van der Waals surface area contributed by atoms with Gasteiger partial charge in [0, 0.05) is 0 Å². The molecule has 0 heterocycles. The lowest BCUT2D eigenvalue weighted by atomic mass is 9.69. The fourth-order valence-electron chi connectivity index (χ4n) is 4.75. The van der Waals surface area contributed by atoms with Crippen LogP contribution in [0.25, 0.3) is 0 Å². The Hall–Kier alpha value is -1.58. The molecule has 138 valence electrons. The zero-order valence-electron chi connectivity index (χ0n) is 15.0. The highest BCUT2D eigenvalue weighted by molar-refractivity contribution is 5.33. The number of ether oxygens (including phenoxy) is 2. The normalized spacial score (nSPS) is 29.9. The Bertz CT molecular complexity index is 586. The van der Waals surface area contributed by atoms with Gasteiger partial charge in [0.1, 0.15) is 0 Å². The molecule has 2 nitrogen and oxygen atoms in total. The van der Waals surface area contributed by atoms with Crippen LogP contribution in [0.3, 0.4) is 0 Å².